The molecule has 0 unspecified atom stereocenters. The Hall–Kier alpha value is -3.93. The number of ether oxygens (including phenoxy) is 1. The molecule has 0 atom stereocenters. The number of nitrogens with one attached hydrogen (secondary N) is 1. The first-order chi connectivity index (χ1) is 15.5. The van der Waals surface area contributed by atoms with Gasteiger partial charge in [0.15, 0.2) is 0 Å². The molecule has 0 fully saturated rings. The molecule has 3 aromatic rings. The van der Waals surface area contributed by atoms with Crippen molar-refractivity contribution in [1.29, 1.82) is 0 Å². The number of carbonyl (C=O) groups is 1. The third-order valence-electron chi connectivity index (χ3n) is 5.60. The van der Waals surface area contributed by atoms with Crippen LogP contribution in [0.15, 0.2) is 72.8 Å². The zero-order valence-electron chi connectivity index (χ0n) is 17.8. The van der Waals surface area contributed by atoms with E-state index in [4.69, 9.17) is 4.74 Å². The molecule has 0 bridgehead atoms. The minimum Gasteiger partial charge on any atom is -0.449 e. The van der Waals surface area contributed by atoms with Gasteiger partial charge in [-0.1, -0.05) is 72.3 Å². The molecule has 1 amide bonds. The third kappa shape index (κ3) is 4.54. The number of nitrogens with zero attached hydrogens (tertiary/aromatic N) is 1. The number of hydrogen-bond acceptors (Lipinski definition) is 4. The number of nitro groups is 1. The summed E-state index contributed by atoms with van der Waals surface area (Å²) >= 11 is 0. The zero-order chi connectivity index (χ0) is 22.5. The van der Waals surface area contributed by atoms with Crippen molar-refractivity contribution in [2.45, 2.75) is 19.3 Å². The SMILES string of the molecule is Cc1ccc([N+](=O)[O-])c(C=CCCNC(=O)OCC2c3ccccc3-c3ccccc32)c1. The van der Waals surface area contributed by atoms with Gasteiger partial charge in [0.05, 0.1) is 10.5 Å². The molecule has 162 valence electrons. The second-order valence-electron chi connectivity index (χ2n) is 7.76. The Morgan fingerprint density at radius 2 is 1.72 bits per heavy atom. The molecule has 1 N–H and O–H groups in total. The lowest BCUT2D eigenvalue weighted by atomic mass is 9.98. The largest absolute Gasteiger partial charge is 0.449 e. The average Bonchev–Trinajstić information content (AvgIpc) is 3.11. The van der Waals surface area contributed by atoms with Crippen LogP contribution < -0.4 is 5.32 Å². The van der Waals surface area contributed by atoms with Crippen LogP contribution in [0.4, 0.5) is 10.5 Å². The van der Waals surface area contributed by atoms with Crippen LogP contribution in [0.5, 0.6) is 0 Å². The maximum Gasteiger partial charge on any atom is 0.407 e. The lowest BCUT2D eigenvalue weighted by Crippen LogP contribution is -2.26. The molecule has 3 aromatic carbocycles. The van der Waals surface area contributed by atoms with Crippen molar-refractivity contribution in [3.8, 4) is 11.1 Å². The number of hydrogen-bond donors (Lipinski definition) is 1. The second kappa shape index (κ2) is 9.47. The van der Waals surface area contributed by atoms with Crippen molar-refractivity contribution in [3.63, 3.8) is 0 Å². The van der Waals surface area contributed by atoms with E-state index >= 15 is 0 Å². The fraction of sp³-hybridized carbons (Fsp3) is 0.192. The molecule has 4 rings (SSSR count). The van der Waals surface area contributed by atoms with Gasteiger partial charge in [0.2, 0.25) is 0 Å². The molecule has 6 heteroatoms. The first-order valence-electron chi connectivity index (χ1n) is 10.5. The number of aryl methyl sites for hydroxylation is 1. The summed E-state index contributed by atoms with van der Waals surface area (Å²) in [5.74, 6) is 0.0231. The highest BCUT2D eigenvalue weighted by molar-refractivity contribution is 5.79. The van der Waals surface area contributed by atoms with Crippen LogP contribution in [-0.2, 0) is 4.74 Å². The summed E-state index contributed by atoms with van der Waals surface area (Å²) in [5.41, 5.74) is 6.29. The van der Waals surface area contributed by atoms with Crippen LogP contribution in [0.25, 0.3) is 17.2 Å². The number of amides is 1. The van der Waals surface area contributed by atoms with Gasteiger partial charge in [-0.3, -0.25) is 10.1 Å². The summed E-state index contributed by atoms with van der Waals surface area (Å²) < 4.78 is 5.51. The summed E-state index contributed by atoms with van der Waals surface area (Å²) in [6.45, 7) is 2.54. The van der Waals surface area contributed by atoms with Gasteiger partial charge in [0.1, 0.15) is 6.61 Å². The van der Waals surface area contributed by atoms with Crippen molar-refractivity contribution in [1.82, 2.24) is 5.32 Å². The predicted molar refractivity (Wildman–Crippen MR) is 125 cm³/mol. The third-order valence-corrected chi connectivity index (χ3v) is 5.60. The number of carbonyl (C=O) groups excluding carboxylic acids is 1. The number of fused-ring (bicyclic) bond motifs is 3. The first kappa shape index (κ1) is 21.3. The molecular weight excluding hydrogens is 404 g/mol. The lowest BCUT2D eigenvalue weighted by molar-refractivity contribution is -0.385. The van der Waals surface area contributed by atoms with Gasteiger partial charge in [-0.15, -0.1) is 0 Å². The van der Waals surface area contributed by atoms with Gasteiger partial charge in [0, 0.05) is 18.5 Å². The van der Waals surface area contributed by atoms with E-state index < -0.39 is 11.0 Å². The zero-order valence-corrected chi connectivity index (χ0v) is 17.8. The van der Waals surface area contributed by atoms with E-state index in [1.807, 2.05) is 37.3 Å². The molecule has 0 saturated carbocycles. The number of rotatable bonds is 7. The Morgan fingerprint density at radius 1 is 1.06 bits per heavy atom. The van der Waals surface area contributed by atoms with Crippen molar-refractivity contribution >= 4 is 17.9 Å². The predicted octanol–water partition coefficient (Wildman–Crippen LogP) is 5.85. The Balaban J connectivity index is 1.29. The van der Waals surface area contributed by atoms with E-state index in [0.717, 1.165) is 5.56 Å². The molecule has 0 saturated heterocycles. The molecule has 0 spiro atoms. The molecule has 0 aliphatic heterocycles. The molecule has 0 radical (unpaired) electrons. The maximum absolute atomic E-state index is 12.2. The summed E-state index contributed by atoms with van der Waals surface area (Å²) in [5, 5.41) is 13.9. The van der Waals surface area contributed by atoms with Crippen LogP contribution in [0.1, 0.15) is 34.6 Å². The highest BCUT2D eigenvalue weighted by Crippen LogP contribution is 2.44. The number of benzene rings is 3. The van der Waals surface area contributed by atoms with E-state index in [-0.39, 0.29) is 18.2 Å². The quantitative estimate of drug-likeness (QED) is 0.291. The van der Waals surface area contributed by atoms with Crippen LogP contribution >= 0.6 is 0 Å². The summed E-state index contributed by atoms with van der Waals surface area (Å²) in [6.07, 6.45) is 3.59. The molecular formula is C26H24N2O4. The summed E-state index contributed by atoms with van der Waals surface area (Å²) in [6, 6.07) is 21.4. The normalized spacial score (nSPS) is 12.4. The van der Waals surface area contributed by atoms with E-state index in [1.54, 1.807) is 18.2 Å². The standard InChI is InChI=1S/C26H24N2O4/c1-18-13-14-25(28(30)31)19(16-18)8-6-7-15-27-26(29)32-17-24-22-11-4-2-9-20(22)21-10-3-5-12-23(21)24/h2-6,8-14,16,24H,7,15,17H2,1H3,(H,27,29). The molecule has 6 nitrogen and oxygen atoms in total. The minimum absolute atomic E-state index is 0.0231. The van der Waals surface area contributed by atoms with Gasteiger partial charge >= 0.3 is 6.09 Å². The lowest BCUT2D eigenvalue weighted by Gasteiger charge is -2.14. The highest BCUT2D eigenvalue weighted by Gasteiger charge is 2.28. The van der Waals surface area contributed by atoms with E-state index in [0.29, 0.717) is 18.5 Å². The second-order valence-corrected chi connectivity index (χ2v) is 7.76. The van der Waals surface area contributed by atoms with Crippen LogP contribution in [0, 0.1) is 17.0 Å². The average molecular weight is 428 g/mol. The van der Waals surface area contributed by atoms with E-state index in [1.165, 1.54) is 28.3 Å². The van der Waals surface area contributed by atoms with Crippen molar-refractivity contribution in [2.24, 2.45) is 0 Å². The first-order valence-corrected chi connectivity index (χ1v) is 10.5. The van der Waals surface area contributed by atoms with Crippen molar-refractivity contribution in [2.75, 3.05) is 13.2 Å². The Morgan fingerprint density at radius 3 is 2.38 bits per heavy atom. The van der Waals surface area contributed by atoms with Gasteiger partial charge in [0.25, 0.3) is 5.69 Å². The van der Waals surface area contributed by atoms with Gasteiger partial charge in [-0.2, -0.15) is 0 Å². The van der Waals surface area contributed by atoms with Crippen molar-refractivity contribution < 1.29 is 14.5 Å². The highest BCUT2D eigenvalue weighted by atomic mass is 16.6. The summed E-state index contributed by atoms with van der Waals surface area (Å²) in [7, 11) is 0. The minimum atomic E-state index is -0.471. The molecule has 0 aromatic heterocycles. The topological polar surface area (TPSA) is 81.5 Å². The molecule has 0 heterocycles. The fourth-order valence-corrected chi connectivity index (χ4v) is 4.09. The fourth-order valence-electron chi connectivity index (χ4n) is 4.09. The molecule has 1 aliphatic rings. The van der Waals surface area contributed by atoms with E-state index in [9.17, 15) is 14.9 Å². The maximum atomic E-state index is 12.2. The molecule has 32 heavy (non-hydrogen) atoms. The van der Waals surface area contributed by atoms with Crippen LogP contribution in [0.3, 0.4) is 0 Å². The van der Waals surface area contributed by atoms with Crippen LogP contribution in [-0.4, -0.2) is 24.2 Å². The van der Waals surface area contributed by atoms with Crippen LogP contribution in [0.2, 0.25) is 0 Å². The molecule has 1 aliphatic carbocycles. The summed E-state index contributed by atoms with van der Waals surface area (Å²) in [4.78, 5) is 22.9. The van der Waals surface area contributed by atoms with E-state index in [2.05, 4.69) is 29.6 Å². The van der Waals surface area contributed by atoms with Gasteiger partial charge in [-0.25, -0.2) is 4.79 Å². The smallest absolute Gasteiger partial charge is 0.407 e. The number of nitro benzene ring substituents is 1. The Bertz CT molecular complexity index is 1140. The van der Waals surface area contributed by atoms with Gasteiger partial charge < -0.3 is 10.1 Å². The number of alkyl carbamates (subject to hydrolysis) is 1. The monoisotopic (exact) mass is 428 g/mol. The van der Waals surface area contributed by atoms with Gasteiger partial charge in [-0.05, 0) is 41.7 Å². The Labute approximate surface area is 186 Å². The van der Waals surface area contributed by atoms with Crippen molar-refractivity contribution in [3.05, 3.63) is 105 Å². The Kier molecular flexibility index (Phi) is 6.31.